The first-order valence-electron chi connectivity index (χ1n) is 11.6. The van der Waals surface area contributed by atoms with Crippen LogP contribution in [-0.2, 0) is 32.9 Å². The second kappa shape index (κ2) is 11.3. The number of nitrogens with zero attached hydrogens (tertiary/aromatic N) is 2. The van der Waals surface area contributed by atoms with E-state index in [1.165, 1.54) is 22.5 Å². The van der Waals surface area contributed by atoms with Gasteiger partial charge in [0.1, 0.15) is 5.82 Å². The lowest BCUT2D eigenvalue weighted by atomic mass is 9.84. The number of hydrogen-bond acceptors (Lipinski definition) is 4. The average Bonchev–Trinajstić information content (AvgIpc) is 2.71. The highest BCUT2D eigenvalue weighted by atomic mass is 35.5. The van der Waals surface area contributed by atoms with Crippen molar-refractivity contribution in [2.24, 2.45) is 0 Å². The van der Waals surface area contributed by atoms with Crippen molar-refractivity contribution in [1.82, 2.24) is 9.21 Å². The second-order valence-corrected chi connectivity index (χ2v) is 12.2. The minimum atomic E-state index is -4.55. The highest BCUT2D eigenvalue weighted by molar-refractivity contribution is 7.88. The van der Waals surface area contributed by atoms with E-state index in [0.29, 0.717) is 44.8 Å². The standard InChI is InChI=1S/C25H31ClF4N2O3S/c1-24(2,19-8-10-20(27)11-9-19)17-31(12-5-13-35-21-15-32(16-21)36(3,33)34)14-18-6-4-7-22(23(18)26)25(28,29)30/h4,6-11,21H,5,12-17H2,1-3H3. The summed E-state index contributed by atoms with van der Waals surface area (Å²) in [6, 6.07) is 10.1. The van der Waals surface area contributed by atoms with Crippen LogP contribution in [-0.4, -0.2) is 62.8 Å². The van der Waals surface area contributed by atoms with Crippen molar-refractivity contribution in [3.05, 3.63) is 70.0 Å². The molecule has 0 atom stereocenters. The van der Waals surface area contributed by atoms with Crippen molar-refractivity contribution < 1.29 is 30.7 Å². The largest absolute Gasteiger partial charge is 0.417 e. The molecule has 2 aromatic carbocycles. The first-order valence-corrected chi connectivity index (χ1v) is 13.8. The van der Waals surface area contributed by atoms with Crippen molar-refractivity contribution in [2.45, 2.75) is 44.5 Å². The zero-order chi connectivity index (χ0) is 26.7. The van der Waals surface area contributed by atoms with E-state index in [4.69, 9.17) is 16.3 Å². The summed E-state index contributed by atoms with van der Waals surface area (Å²) in [5.74, 6) is -0.343. The summed E-state index contributed by atoms with van der Waals surface area (Å²) < 4.78 is 83.6. The lowest BCUT2D eigenvalue weighted by molar-refractivity contribution is -0.137. The van der Waals surface area contributed by atoms with Gasteiger partial charge in [-0.05, 0) is 35.7 Å². The summed E-state index contributed by atoms with van der Waals surface area (Å²) >= 11 is 6.16. The molecule has 1 fully saturated rings. The Labute approximate surface area is 215 Å². The summed E-state index contributed by atoms with van der Waals surface area (Å²) in [6.45, 7) is 6.19. The van der Waals surface area contributed by atoms with Crippen molar-refractivity contribution in [3.63, 3.8) is 0 Å². The molecule has 1 saturated heterocycles. The smallest absolute Gasteiger partial charge is 0.375 e. The van der Waals surface area contributed by atoms with Crippen LogP contribution < -0.4 is 0 Å². The predicted molar refractivity (Wildman–Crippen MR) is 132 cm³/mol. The third-order valence-corrected chi connectivity index (χ3v) is 7.96. The molecule has 0 aliphatic carbocycles. The molecule has 11 heteroatoms. The van der Waals surface area contributed by atoms with E-state index in [-0.39, 0.29) is 23.5 Å². The van der Waals surface area contributed by atoms with Gasteiger partial charge >= 0.3 is 6.18 Å². The van der Waals surface area contributed by atoms with Gasteiger partial charge in [0, 0.05) is 44.7 Å². The van der Waals surface area contributed by atoms with E-state index in [2.05, 4.69) is 0 Å². The number of ether oxygens (including phenoxy) is 1. The second-order valence-electron chi connectivity index (χ2n) is 9.80. The number of halogens is 5. The topological polar surface area (TPSA) is 49.9 Å². The third-order valence-electron chi connectivity index (χ3n) is 6.28. The van der Waals surface area contributed by atoms with Crippen molar-refractivity contribution in [1.29, 1.82) is 0 Å². The van der Waals surface area contributed by atoms with Gasteiger partial charge in [-0.3, -0.25) is 4.90 Å². The SMILES string of the molecule is CC(C)(CN(CCCOC1CN(S(C)(=O)=O)C1)Cc1cccc(C(F)(F)F)c1Cl)c1ccc(F)cc1. The fraction of sp³-hybridized carbons (Fsp3) is 0.520. The van der Waals surface area contributed by atoms with Gasteiger partial charge in [-0.1, -0.05) is 49.7 Å². The van der Waals surface area contributed by atoms with E-state index in [1.807, 2.05) is 18.7 Å². The Bertz CT molecular complexity index is 1130. The van der Waals surface area contributed by atoms with Crippen LogP contribution in [0.4, 0.5) is 17.6 Å². The molecule has 0 amide bonds. The third kappa shape index (κ3) is 7.64. The maximum Gasteiger partial charge on any atom is 0.417 e. The molecule has 0 bridgehead atoms. The minimum absolute atomic E-state index is 0.165. The van der Waals surface area contributed by atoms with Gasteiger partial charge in [-0.25, -0.2) is 12.8 Å². The quantitative estimate of drug-likeness (QED) is 0.280. The Morgan fingerprint density at radius 3 is 2.33 bits per heavy atom. The lowest BCUT2D eigenvalue weighted by Crippen LogP contribution is -2.54. The molecule has 5 nitrogen and oxygen atoms in total. The summed E-state index contributed by atoms with van der Waals surface area (Å²) in [5.41, 5.74) is -0.0315. The highest BCUT2D eigenvalue weighted by Gasteiger charge is 2.35. The molecule has 0 spiro atoms. The van der Waals surface area contributed by atoms with Crippen LogP contribution in [0.25, 0.3) is 0 Å². The Balaban J connectivity index is 1.69. The van der Waals surface area contributed by atoms with Gasteiger partial charge in [0.2, 0.25) is 10.0 Å². The average molecular weight is 551 g/mol. The molecule has 36 heavy (non-hydrogen) atoms. The van der Waals surface area contributed by atoms with Crippen molar-refractivity contribution in [3.8, 4) is 0 Å². The highest BCUT2D eigenvalue weighted by Crippen LogP contribution is 2.37. The fourth-order valence-corrected chi connectivity index (χ4v) is 5.41. The molecular formula is C25H31ClF4N2O3S. The fourth-order valence-electron chi connectivity index (χ4n) is 4.24. The molecule has 1 aliphatic rings. The first kappa shape index (κ1) is 28.8. The molecule has 0 radical (unpaired) electrons. The van der Waals surface area contributed by atoms with E-state index < -0.39 is 27.2 Å². The van der Waals surface area contributed by atoms with Gasteiger partial charge in [0.05, 0.1) is 22.9 Å². The summed E-state index contributed by atoms with van der Waals surface area (Å²) in [4.78, 5) is 2.01. The van der Waals surface area contributed by atoms with Crippen LogP contribution in [0.15, 0.2) is 42.5 Å². The first-order chi connectivity index (χ1) is 16.7. The number of sulfonamides is 1. The lowest BCUT2D eigenvalue weighted by Gasteiger charge is -2.37. The van der Waals surface area contributed by atoms with Gasteiger partial charge in [0.15, 0.2) is 0 Å². The van der Waals surface area contributed by atoms with E-state index in [0.717, 1.165) is 17.9 Å². The van der Waals surface area contributed by atoms with E-state index in [9.17, 15) is 26.0 Å². The van der Waals surface area contributed by atoms with Gasteiger partial charge in [-0.15, -0.1) is 0 Å². The maximum absolute atomic E-state index is 13.4. The molecule has 0 aromatic heterocycles. The van der Waals surface area contributed by atoms with Gasteiger partial charge in [-0.2, -0.15) is 17.5 Å². The molecule has 1 aliphatic heterocycles. The zero-order valence-corrected chi connectivity index (χ0v) is 22.1. The summed E-state index contributed by atoms with van der Waals surface area (Å²) in [5, 5.41) is -0.318. The van der Waals surface area contributed by atoms with E-state index >= 15 is 0 Å². The molecule has 1 heterocycles. The Morgan fingerprint density at radius 2 is 1.75 bits per heavy atom. The monoisotopic (exact) mass is 550 g/mol. The minimum Gasteiger partial charge on any atom is -0.375 e. The number of rotatable bonds is 11. The van der Waals surface area contributed by atoms with Crippen LogP contribution in [0.2, 0.25) is 5.02 Å². The van der Waals surface area contributed by atoms with Crippen LogP contribution in [0, 0.1) is 5.82 Å². The predicted octanol–water partition coefficient (Wildman–Crippen LogP) is 5.33. The van der Waals surface area contributed by atoms with E-state index in [1.54, 1.807) is 18.2 Å². The normalized spacial score (nSPS) is 15.9. The Morgan fingerprint density at radius 1 is 1.11 bits per heavy atom. The van der Waals surface area contributed by atoms with Gasteiger partial charge < -0.3 is 4.74 Å². The zero-order valence-electron chi connectivity index (χ0n) is 20.5. The Hall–Kier alpha value is -1.72. The summed E-state index contributed by atoms with van der Waals surface area (Å²) in [6.07, 6.45) is -2.97. The Kier molecular flexibility index (Phi) is 9.09. The van der Waals surface area contributed by atoms with Gasteiger partial charge in [0.25, 0.3) is 0 Å². The molecule has 0 unspecified atom stereocenters. The van der Waals surface area contributed by atoms with Crippen LogP contribution in [0.3, 0.4) is 0 Å². The molecule has 2 aromatic rings. The van der Waals surface area contributed by atoms with Crippen molar-refractivity contribution in [2.75, 3.05) is 39.0 Å². The molecule has 3 rings (SSSR count). The van der Waals surface area contributed by atoms with Crippen LogP contribution >= 0.6 is 11.6 Å². The summed E-state index contributed by atoms with van der Waals surface area (Å²) in [7, 11) is -3.22. The number of alkyl halides is 3. The van der Waals surface area contributed by atoms with Crippen molar-refractivity contribution >= 4 is 21.6 Å². The molecular weight excluding hydrogens is 520 g/mol. The number of benzene rings is 2. The molecule has 200 valence electrons. The van der Waals surface area contributed by atoms with Crippen LogP contribution in [0.5, 0.6) is 0 Å². The molecule has 0 N–H and O–H groups in total. The van der Waals surface area contributed by atoms with Crippen LogP contribution in [0.1, 0.15) is 37.0 Å². The maximum atomic E-state index is 13.4. The molecule has 0 saturated carbocycles. The number of hydrogen-bond donors (Lipinski definition) is 0.